The van der Waals surface area contributed by atoms with Crippen molar-refractivity contribution < 1.29 is 0 Å². The van der Waals surface area contributed by atoms with Crippen molar-refractivity contribution >= 4 is 5.69 Å². The molecule has 1 atom stereocenters. The molecule has 0 aliphatic rings. The van der Waals surface area contributed by atoms with Gasteiger partial charge in [0.25, 0.3) is 0 Å². The third-order valence-electron chi connectivity index (χ3n) is 6.95. The fourth-order valence-electron chi connectivity index (χ4n) is 4.66. The Labute approximate surface area is 211 Å². The van der Waals surface area contributed by atoms with Crippen molar-refractivity contribution in [1.82, 2.24) is 0 Å². The predicted octanol–water partition coefficient (Wildman–Crippen LogP) is 9.86. The van der Waals surface area contributed by atoms with Gasteiger partial charge in [-0.2, -0.15) is 0 Å². The molecule has 0 amide bonds. The summed E-state index contributed by atoms with van der Waals surface area (Å²) in [6.45, 7) is 11.6. The van der Waals surface area contributed by atoms with Crippen molar-refractivity contribution in [3.8, 4) is 22.3 Å². The monoisotopic (exact) mass is 457 g/mol. The highest BCUT2D eigenvalue weighted by Crippen LogP contribution is 2.25. The fraction of sp³-hybridized carbons (Fsp3) is 0.265. The molecule has 0 radical (unpaired) electrons. The summed E-state index contributed by atoms with van der Waals surface area (Å²) in [4.78, 5) is 3.47. The number of rotatable bonds is 10. The Kier molecular flexibility index (Phi) is 8.53. The summed E-state index contributed by atoms with van der Waals surface area (Å²) in [7, 11) is 0. The lowest BCUT2D eigenvalue weighted by Gasteiger charge is -2.12. The van der Waals surface area contributed by atoms with Gasteiger partial charge in [0, 0.05) is 0 Å². The zero-order chi connectivity index (χ0) is 24.5. The molecule has 0 fully saturated rings. The first-order valence-electron chi connectivity index (χ1n) is 12.8. The summed E-state index contributed by atoms with van der Waals surface area (Å²) in [5.74, 6) is 0.766. The lowest BCUT2D eigenvalue weighted by atomic mass is 9.94. The van der Waals surface area contributed by atoms with Gasteiger partial charge in [-0.1, -0.05) is 122 Å². The maximum atomic E-state index is 7.08. The molecule has 0 aromatic heterocycles. The Morgan fingerprint density at radius 2 is 0.943 bits per heavy atom. The summed E-state index contributed by atoms with van der Waals surface area (Å²) in [5, 5.41) is 0. The summed E-state index contributed by atoms with van der Waals surface area (Å²) in [6.07, 6.45) is 7.38. The van der Waals surface area contributed by atoms with Crippen LogP contribution in [-0.2, 0) is 12.8 Å². The van der Waals surface area contributed by atoms with E-state index >= 15 is 0 Å². The lowest BCUT2D eigenvalue weighted by Crippen LogP contribution is -1.98. The van der Waals surface area contributed by atoms with Gasteiger partial charge in [0.15, 0.2) is 5.69 Å². The maximum absolute atomic E-state index is 7.08. The van der Waals surface area contributed by atoms with Crippen LogP contribution in [0.5, 0.6) is 0 Å². The number of hydrogen-bond acceptors (Lipinski definition) is 0. The molecule has 1 heteroatoms. The Bertz CT molecular complexity index is 1220. The summed E-state index contributed by atoms with van der Waals surface area (Å²) in [5.41, 5.74) is 9.82. The Balaban J connectivity index is 1.16. The van der Waals surface area contributed by atoms with Crippen LogP contribution in [0.15, 0.2) is 97.1 Å². The Morgan fingerprint density at radius 3 is 1.34 bits per heavy atom. The van der Waals surface area contributed by atoms with Crippen LogP contribution >= 0.6 is 0 Å². The number of benzene rings is 4. The molecule has 1 unspecified atom stereocenters. The predicted molar refractivity (Wildman–Crippen MR) is 150 cm³/mol. The molecule has 35 heavy (non-hydrogen) atoms. The molecule has 0 aliphatic heterocycles. The van der Waals surface area contributed by atoms with E-state index in [1.807, 2.05) is 24.3 Å². The van der Waals surface area contributed by atoms with Crippen LogP contribution in [0.1, 0.15) is 49.3 Å². The first-order chi connectivity index (χ1) is 17.1. The van der Waals surface area contributed by atoms with Crippen LogP contribution in [0.25, 0.3) is 27.1 Å². The number of aryl methyl sites for hydroxylation is 3. The van der Waals surface area contributed by atoms with Gasteiger partial charge < -0.3 is 0 Å². The normalized spacial score (nSPS) is 11.7. The van der Waals surface area contributed by atoms with Gasteiger partial charge in [0.2, 0.25) is 0 Å². The van der Waals surface area contributed by atoms with E-state index in [-0.39, 0.29) is 0 Å². The zero-order valence-corrected chi connectivity index (χ0v) is 21.0. The van der Waals surface area contributed by atoms with Gasteiger partial charge >= 0.3 is 0 Å². The minimum Gasteiger partial charge on any atom is -0.238 e. The fourth-order valence-corrected chi connectivity index (χ4v) is 4.66. The topological polar surface area (TPSA) is 4.36 Å². The molecular formula is C34H35N. The van der Waals surface area contributed by atoms with E-state index in [9.17, 15) is 0 Å². The SMILES string of the molecule is [C-]#[N+]c1ccc(-c2ccc(CCCC(C)CCCc3ccc(-c4ccc(C)cc4)cc3)cc2)cc1. The zero-order valence-electron chi connectivity index (χ0n) is 21.0. The van der Waals surface area contributed by atoms with E-state index < -0.39 is 0 Å². The molecule has 0 spiro atoms. The van der Waals surface area contributed by atoms with Crippen LogP contribution in [-0.4, -0.2) is 0 Å². The second-order valence-electron chi connectivity index (χ2n) is 9.81. The van der Waals surface area contributed by atoms with Crippen molar-refractivity contribution in [2.75, 3.05) is 0 Å². The van der Waals surface area contributed by atoms with E-state index in [4.69, 9.17) is 6.57 Å². The standard InChI is InChI=1S/C34H35N/c1-26(6-4-8-28-12-18-31(19-13-28)30-16-10-27(2)11-17-30)7-5-9-29-14-20-32(21-15-29)33-22-24-34(35-3)25-23-33/h10-26H,4-9H2,1-2H3. The summed E-state index contributed by atoms with van der Waals surface area (Å²) >= 11 is 0. The quantitative estimate of drug-likeness (QED) is 0.209. The molecule has 4 aromatic rings. The van der Waals surface area contributed by atoms with Crippen LogP contribution in [0, 0.1) is 19.4 Å². The summed E-state index contributed by atoms with van der Waals surface area (Å²) in [6, 6.07) is 34.6. The number of nitrogens with zero attached hydrogens (tertiary/aromatic N) is 1. The molecule has 4 aromatic carbocycles. The summed E-state index contributed by atoms with van der Waals surface area (Å²) < 4.78 is 0. The Morgan fingerprint density at radius 1 is 0.571 bits per heavy atom. The smallest absolute Gasteiger partial charge is 0.187 e. The van der Waals surface area contributed by atoms with Gasteiger partial charge in [0.1, 0.15) is 0 Å². The van der Waals surface area contributed by atoms with Crippen molar-refractivity contribution in [3.63, 3.8) is 0 Å². The van der Waals surface area contributed by atoms with E-state index in [2.05, 4.69) is 91.5 Å². The van der Waals surface area contributed by atoms with Gasteiger partial charge in [0.05, 0.1) is 6.57 Å². The average molecular weight is 458 g/mol. The third kappa shape index (κ3) is 7.17. The highest BCUT2D eigenvalue weighted by Gasteiger charge is 2.05. The van der Waals surface area contributed by atoms with Crippen LogP contribution in [0.4, 0.5) is 5.69 Å². The molecular weight excluding hydrogens is 422 g/mol. The molecule has 0 bridgehead atoms. The van der Waals surface area contributed by atoms with Crippen LogP contribution in [0.3, 0.4) is 0 Å². The Hall–Kier alpha value is -3.63. The first kappa shape index (κ1) is 24.5. The van der Waals surface area contributed by atoms with Crippen molar-refractivity contribution in [2.24, 2.45) is 5.92 Å². The van der Waals surface area contributed by atoms with Crippen LogP contribution < -0.4 is 0 Å². The first-order valence-corrected chi connectivity index (χ1v) is 12.8. The number of hydrogen-bond donors (Lipinski definition) is 0. The molecule has 0 saturated heterocycles. The van der Waals surface area contributed by atoms with Gasteiger partial charge in [-0.3, -0.25) is 0 Å². The molecule has 0 heterocycles. The minimum absolute atomic E-state index is 0.690. The molecule has 0 aliphatic carbocycles. The molecule has 176 valence electrons. The highest BCUT2D eigenvalue weighted by molar-refractivity contribution is 5.66. The second-order valence-corrected chi connectivity index (χ2v) is 9.81. The third-order valence-corrected chi connectivity index (χ3v) is 6.95. The van der Waals surface area contributed by atoms with E-state index in [1.54, 1.807) is 0 Å². The van der Waals surface area contributed by atoms with Crippen LogP contribution in [0.2, 0.25) is 0 Å². The van der Waals surface area contributed by atoms with Crippen molar-refractivity contribution in [1.29, 1.82) is 0 Å². The van der Waals surface area contributed by atoms with Crippen molar-refractivity contribution in [3.05, 3.63) is 125 Å². The largest absolute Gasteiger partial charge is 0.238 e. The minimum atomic E-state index is 0.690. The van der Waals surface area contributed by atoms with Gasteiger partial charge in [-0.05, 0) is 71.9 Å². The van der Waals surface area contributed by atoms with Gasteiger partial charge in [-0.25, -0.2) is 4.85 Å². The highest BCUT2D eigenvalue weighted by atomic mass is 14.6. The van der Waals surface area contributed by atoms with E-state index in [0.29, 0.717) is 5.69 Å². The molecule has 0 N–H and O–H groups in total. The molecule has 0 saturated carbocycles. The second kappa shape index (κ2) is 12.2. The molecule has 1 nitrogen and oxygen atoms in total. The van der Waals surface area contributed by atoms with Crippen molar-refractivity contribution in [2.45, 2.75) is 52.4 Å². The molecule has 4 rings (SSSR count). The van der Waals surface area contributed by atoms with E-state index in [1.165, 1.54) is 64.6 Å². The van der Waals surface area contributed by atoms with Gasteiger partial charge in [-0.15, -0.1) is 0 Å². The maximum Gasteiger partial charge on any atom is 0.187 e. The van der Waals surface area contributed by atoms with E-state index in [0.717, 1.165) is 18.8 Å². The lowest BCUT2D eigenvalue weighted by molar-refractivity contribution is 0.460. The average Bonchev–Trinajstić information content (AvgIpc) is 2.90.